The molecule has 2 aromatic heterocycles. The van der Waals surface area contributed by atoms with E-state index in [1.165, 1.54) is 49.9 Å². The van der Waals surface area contributed by atoms with E-state index in [0.717, 1.165) is 51.4 Å². The summed E-state index contributed by atoms with van der Waals surface area (Å²) >= 11 is 0. The molecule has 0 aromatic carbocycles. The van der Waals surface area contributed by atoms with Gasteiger partial charge in [-0.15, -0.1) is 0 Å². The predicted octanol–water partition coefficient (Wildman–Crippen LogP) is 6.36. The summed E-state index contributed by atoms with van der Waals surface area (Å²) in [4.78, 5) is 59.9. The summed E-state index contributed by atoms with van der Waals surface area (Å²) in [6.07, 6.45) is 13.0. The van der Waals surface area contributed by atoms with Crippen LogP contribution in [0.25, 0.3) is 0 Å². The molecule has 0 aliphatic carbocycles. The zero-order valence-corrected chi connectivity index (χ0v) is 34.3. The highest BCUT2D eigenvalue weighted by Gasteiger charge is 2.20. The van der Waals surface area contributed by atoms with Crippen LogP contribution >= 0.6 is 0 Å². The Balaban J connectivity index is 1.56. The largest absolute Gasteiger partial charge is 0.493 e. The lowest BCUT2D eigenvalue weighted by Gasteiger charge is -2.12. The Hall–Kier alpha value is -4.38. The molecule has 0 fully saturated rings. The molecule has 0 unspecified atom stereocenters. The van der Waals surface area contributed by atoms with Gasteiger partial charge in [-0.25, -0.2) is 29.1 Å². The lowest BCUT2D eigenvalue weighted by molar-refractivity contribution is 0.00112. The number of carbonyl (C=O) groups is 4. The molecule has 1 aliphatic rings. The molecule has 0 N–H and O–H groups in total. The molecule has 16 heteroatoms. The van der Waals surface area contributed by atoms with Crippen LogP contribution in [-0.2, 0) is 37.9 Å². The summed E-state index contributed by atoms with van der Waals surface area (Å²) in [5.74, 6) is -2.42. The molecule has 0 atom stereocenters. The Morgan fingerprint density at radius 3 is 0.948 bits per heavy atom. The number of fused-ring (bicyclic) bond motifs is 4. The van der Waals surface area contributed by atoms with Crippen molar-refractivity contribution in [1.29, 1.82) is 0 Å². The molecule has 0 saturated carbocycles. The average Bonchev–Trinajstić information content (AvgIpc) is 3.23. The zero-order chi connectivity index (χ0) is 41.5. The molecule has 4 bridgehead atoms. The highest BCUT2D eigenvalue weighted by molar-refractivity contribution is 5.93. The van der Waals surface area contributed by atoms with Gasteiger partial charge in [0.05, 0.1) is 66.1 Å². The van der Waals surface area contributed by atoms with E-state index in [1.807, 2.05) is 0 Å². The molecule has 0 saturated heterocycles. The first-order valence-electron chi connectivity index (χ1n) is 20.7. The van der Waals surface area contributed by atoms with Crippen LogP contribution in [0, 0.1) is 0 Å². The zero-order valence-electron chi connectivity index (χ0n) is 34.3. The highest BCUT2D eigenvalue weighted by atomic mass is 16.6. The van der Waals surface area contributed by atoms with Crippen molar-refractivity contribution >= 4 is 23.9 Å². The fraction of sp³-hybridized carbons (Fsp3) is 0.667. The Morgan fingerprint density at radius 2 is 0.655 bits per heavy atom. The molecule has 3 rings (SSSR count). The Kier molecular flexibility index (Phi) is 25.4. The van der Waals surface area contributed by atoms with Crippen molar-refractivity contribution in [2.24, 2.45) is 0 Å². The van der Waals surface area contributed by atoms with Crippen molar-refractivity contribution in [3.63, 3.8) is 0 Å². The van der Waals surface area contributed by atoms with Crippen LogP contribution in [0.4, 0.5) is 0 Å². The van der Waals surface area contributed by atoms with E-state index in [1.54, 1.807) is 0 Å². The molecular weight excluding hydrogens is 756 g/mol. The third kappa shape index (κ3) is 20.9. The number of ether oxygens (including phenoxy) is 10. The third-order valence-corrected chi connectivity index (χ3v) is 8.55. The fourth-order valence-corrected chi connectivity index (χ4v) is 5.45. The molecule has 0 radical (unpaired) electrons. The maximum atomic E-state index is 12.9. The van der Waals surface area contributed by atoms with Gasteiger partial charge in [-0.05, 0) is 12.8 Å². The molecular formula is C42H62N2O14. The van der Waals surface area contributed by atoms with Crippen molar-refractivity contribution < 1.29 is 66.5 Å². The highest BCUT2D eigenvalue weighted by Crippen LogP contribution is 2.19. The first-order chi connectivity index (χ1) is 28.4. The number of rotatable bonds is 16. The predicted molar refractivity (Wildman–Crippen MR) is 211 cm³/mol. The quantitative estimate of drug-likeness (QED) is 0.103. The monoisotopic (exact) mass is 818 g/mol. The molecule has 0 spiro atoms. The van der Waals surface area contributed by atoms with Crippen molar-refractivity contribution in [1.82, 2.24) is 9.97 Å². The number of carbonyl (C=O) groups excluding carboxylic acids is 4. The van der Waals surface area contributed by atoms with Crippen LogP contribution in [0.3, 0.4) is 0 Å². The van der Waals surface area contributed by atoms with Crippen molar-refractivity contribution in [3.05, 3.63) is 47.0 Å². The van der Waals surface area contributed by atoms with E-state index < -0.39 is 23.9 Å². The van der Waals surface area contributed by atoms with Gasteiger partial charge in [0, 0.05) is 24.3 Å². The number of nitrogens with zero attached hydrogens (tertiary/aromatic N) is 2. The lowest BCUT2D eigenvalue weighted by Crippen LogP contribution is -2.19. The minimum absolute atomic E-state index is 0.0753. The molecule has 0 amide bonds. The van der Waals surface area contributed by atoms with Gasteiger partial charge in [0.25, 0.3) is 0 Å². The van der Waals surface area contributed by atoms with E-state index >= 15 is 0 Å². The van der Waals surface area contributed by atoms with Crippen molar-refractivity contribution in [2.75, 3.05) is 92.5 Å². The number of esters is 4. The Bertz CT molecular complexity index is 1300. The summed E-state index contributed by atoms with van der Waals surface area (Å²) in [6.45, 7) is 5.88. The van der Waals surface area contributed by atoms with Crippen LogP contribution in [0.15, 0.2) is 24.3 Å². The maximum Gasteiger partial charge on any atom is 0.357 e. The van der Waals surface area contributed by atoms with E-state index in [2.05, 4.69) is 23.8 Å². The van der Waals surface area contributed by atoms with Gasteiger partial charge in [0.15, 0.2) is 22.8 Å². The minimum Gasteiger partial charge on any atom is -0.493 e. The molecule has 16 nitrogen and oxygen atoms in total. The van der Waals surface area contributed by atoms with Crippen molar-refractivity contribution in [2.45, 2.75) is 90.9 Å². The first kappa shape index (κ1) is 48.0. The van der Waals surface area contributed by atoms with Gasteiger partial charge in [-0.3, -0.25) is 0 Å². The number of cyclic esters (lactones) is 4. The van der Waals surface area contributed by atoms with Gasteiger partial charge in [0.1, 0.15) is 37.9 Å². The Labute approximate surface area is 341 Å². The van der Waals surface area contributed by atoms with Gasteiger partial charge >= 0.3 is 23.9 Å². The van der Waals surface area contributed by atoms with Crippen LogP contribution in [0.2, 0.25) is 0 Å². The smallest absolute Gasteiger partial charge is 0.357 e. The van der Waals surface area contributed by atoms with Crippen molar-refractivity contribution in [3.8, 4) is 11.5 Å². The number of unbranched alkanes of at least 4 members (excludes halogenated alkanes) is 10. The third-order valence-electron chi connectivity index (χ3n) is 8.55. The second-order valence-corrected chi connectivity index (χ2v) is 13.4. The number of hydrogen-bond donors (Lipinski definition) is 0. The molecule has 3 heterocycles. The molecule has 2 aromatic rings. The number of aromatic nitrogens is 2. The van der Waals surface area contributed by atoms with Gasteiger partial charge in [-0.2, -0.15) is 0 Å². The second kappa shape index (κ2) is 30.7. The van der Waals surface area contributed by atoms with E-state index in [4.69, 9.17) is 47.4 Å². The minimum atomic E-state index is -0.755. The number of pyridine rings is 2. The van der Waals surface area contributed by atoms with Crippen LogP contribution in [0.1, 0.15) is 133 Å². The number of hydrogen-bond acceptors (Lipinski definition) is 16. The maximum absolute atomic E-state index is 12.9. The van der Waals surface area contributed by atoms with Gasteiger partial charge in [0.2, 0.25) is 0 Å². The summed E-state index contributed by atoms with van der Waals surface area (Å²) in [5, 5.41) is 0. The van der Waals surface area contributed by atoms with Crippen LogP contribution < -0.4 is 9.47 Å². The summed E-state index contributed by atoms with van der Waals surface area (Å²) in [7, 11) is 0. The first-order valence-corrected chi connectivity index (χ1v) is 20.7. The Morgan fingerprint density at radius 1 is 0.397 bits per heavy atom. The normalized spacial score (nSPS) is 16.3. The van der Waals surface area contributed by atoms with Crippen LogP contribution in [0.5, 0.6) is 11.5 Å². The topological polar surface area (TPSA) is 186 Å². The van der Waals surface area contributed by atoms with Crippen LogP contribution in [-0.4, -0.2) is 126 Å². The summed E-state index contributed by atoms with van der Waals surface area (Å²) in [5.41, 5.74) is -0.434. The van der Waals surface area contributed by atoms with Gasteiger partial charge in [-0.1, -0.05) is 78.1 Å². The average molecular weight is 819 g/mol. The molecule has 324 valence electrons. The second-order valence-electron chi connectivity index (χ2n) is 13.4. The van der Waals surface area contributed by atoms with E-state index in [9.17, 15) is 19.2 Å². The van der Waals surface area contributed by atoms with E-state index in [0.29, 0.717) is 24.7 Å². The SMILES string of the molecule is CCCCCCCCOc1cc2nc(c1)C(=O)OCCOCCOCCOC(=O)c1cc(OCCCCCCCC)cc(n1)C(=O)OCCOCCOCCOC2=O. The molecule has 1 aliphatic heterocycles. The standard InChI is InChI=1S/C42H62N2O14/c1-3-5-7-9-11-13-15-53-33-29-35-39(45)55-25-21-49-17-19-51-23-27-57-41(47)37-31-34(54-16-14-12-10-8-6-4-2)32-38(44-37)42(48)58-28-24-52-20-18-50-22-26-56-40(46)36(30-33)43-35/h29-32H,3-28H2,1-2H3. The molecule has 58 heavy (non-hydrogen) atoms. The fourth-order valence-electron chi connectivity index (χ4n) is 5.45. The van der Waals surface area contributed by atoms with Gasteiger partial charge < -0.3 is 47.4 Å². The lowest BCUT2D eigenvalue weighted by atomic mass is 10.1. The summed E-state index contributed by atoms with van der Waals surface area (Å²) < 4.78 is 55.1. The summed E-state index contributed by atoms with van der Waals surface area (Å²) in [6, 6.07) is 5.73. The van der Waals surface area contributed by atoms with E-state index in [-0.39, 0.29) is 102 Å².